The van der Waals surface area contributed by atoms with Crippen LogP contribution in [0.5, 0.6) is 11.5 Å². The minimum Gasteiger partial charge on any atom is -0.454 e. The van der Waals surface area contributed by atoms with Crippen LogP contribution in [0.2, 0.25) is 0 Å². The van der Waals surface area contributed by atoms with Gasteiger partial charge in [-0.15, -0.1) is 0 Å². The summed E-state index contributed by atoms with van der Waals surface area (Å²) >= 11 is 3.41. The van der Waals surface area contributed by atoms with E-state index in [1.165, 1.54) is 0 Å². The number of ether oxygens (including phenoxy) is 1. The van der Waals surface area contributed by atoms with Crippen molar-refractivity contribution >= 4 is 15.9 Å². The van der Waals surface area contributed by atoms with E-state index in [1.807, 2.05) is 24.3 Å². The summed E-state index contributed by atoms with van der Waals surface area (Å²) in [6.07, 6.45) is 1.76. The number of aromatic nitrogens is 2. The molecule has 1 aromatic carbocycles. The van der Waals surface area contributed by atoms with E-state index in [4.69, 9.17) is 4.74 Å². The highest BCUT2D eigenvalue weighted by Gasteiger charge is 2.11. The maximum Gasteiger partial charge on any atom is 0.168 e. The van der Waals surface area contributed by atoms with Crippen LogP contribution >= 0.6 is 15.9 Å². The Kier molecular flexibility index (Phi) is 5.70. The summed E-state index contributed by atoms with van der Waals surface area (Å²) in [5.74, 6) is 2.61. The van der Waals surface area contributed by atoms with Crippen molar-refractivity contribution in [1.82, 2.24) is 15.3 Å². The van der Waals surface area contributed by atoms with Gasteiger partial charge in [0.15, 0.2) is 5.75 Å². The van der Waals surface area contributed by atoms with Crippen LogP contribution in [-0.2, 0) is 6.54 Å². The molecule has 1 N–H and O–H groups in total. The first-order valence-electron chi connectivity index (χ1n) is 7.10. The van der Waals surface area contributed by atoms with Gasteiger partial charge in [-0.2, -0.15) is 0 Å². The molecule has 5 heteroatoms. The number of nitrogens with zero attached hydrogens (tertiary/aromatic N) is 2. The molecule has 0 saturated carbocycles. The maximum absolute atomic E-state index is 5.91. The van der Waals surface area contributed by atoms with Crippen molar-refractivity contribution in [3.63, 3.8) is 0 Å². The van der Waals surface area contributed by atoms with E-state index < -0.39 is 0 Å². The van der Waals surface area contributed by atoms with Crippen molar-refractivity contribution in [1.29, 1.82) is 0 Å². The van der Waals surface area contributed by atoms with E-state index >= 15 is 0 Å². The molecule has 0 radical (unpaired) electrons. The Hall–Kier alpha value is -1.46. The van der Waals surface area contributed by atoms with Gasteiger partial charge in [0.05, 0.1) is 6.20 Å². The highest BCUT2D eigenvalue weighted by atomic mass is 79.9. The maximum atomic E-state index is 5.91. The second-order valence-corrected chi connectivity index (χ2v) is 5.95. The zero-order valence-electron chi connectivity index (χ0n) is 12.6. The molecular formula is C16H20BrN3O. The smallest absolute Gasteiger partial charge is 0.168 e. The molecule has 0 spiro atoms. The van der Waals surface area contributed by atoms with Gasteiger partial charge in [0.2, 0.25) is 0 Å². The zero-order valence-corrected chi connectivity index (χ0v) is 14.1. The van der Waals surface area contributed by atoms with Gasteiger partial charge in [-0.25, -0.2) is 9.97 Å². The van der Waals surface area contributed by atoms with Crippen LogP contribution in [0.1, 0.15) is 38.2 Å². The highest BCUT2D eigenvalue weighted by molar-refractivity contribution is 9.10. The molecule has 0 atom stereocenters. The molecule has 0 bridgehead atoms. The lowest BCUT2D eigenvalue weighted by Crippen LogP contribution is -2.15. The molecule has 0 aliphatic carbocycles. The van der Waals surface area contributed by atoms with Crippen LogP contribution in [0.25, 0.3) is 0 Å². The van der Waals surface area contributed by atoms with Crippen molar-refractivity contribution in [3.8, 4) is 11.5 Å². The van der Waals surface area contributed by atoms with Gasteiger partial charge < -0.3 is 10.1 Å². The number of hydrogen-bond acceptors (Lipinski definition) is 4. The Morgan fingerprint density at radius 2 is 1.95 bits per heavy atom. The predicted molar refractivity (Wildman–Crippen MR) is 87.7 cm³/mol. The summed E-state index contributed by atoms with van der Waals surface area (Å²) in [6, 6.07) is 7.72. The number of benzene rings is 1. The lowest BCUT2D eigenvalue weighted by Gasteiger charge is -2.13. The van der Waals surface area contributed by atoms with Gasteiger partial charge in [-0.3, -0.25) is 0 Å². The standard InChI is InChI=1S/C16H20BrN3O/c1-4-18-9-14-15(10-19-16(20-14)11(2)3)21-13-7-5-12(17)6-8-13/h5-8,10-11,18H,4,9H2,1-3H3. The van der Waals surface area contributed by atoms with Crippen LogP contribution in [0, 0.1) is 0 Å². The van der Waals surface area contributed by atoms with Gasteiger partial charge in [0.25, 0.3) is 0 Å². The first-order chi connectivity index (χ1) is 10.1. The number of hydrogen-bond donors (Lipinski definition) is 1. The van der Waals surface area contributed by atoms with Gasteiger partial charge in [-0.1, -0.05) is 36.7 Å². The average Bonchev–Trinajstić information content (AvgIpc) is 2.48. The van der Waals surface area contributed by atoms with Crippen molar-refractivity contribution in [2.75, 3.05) is 6.54 Å². The number of nitrogens with one attached hydrogen (secondary N) is 1. The Bertz CT molecular complexity index is 585. The molecule has 2 rings (SSSR count). The topological polar surface area (TPSA) is 47.0 Å². The molecular weight excluding hydrogens is 330 g/mol. The molecule has 2 aromatic rings. The highest BCUT2D eigenvalue weighted by Crippen LogP contribution is 2.26. The van der Waals surface area contributed by atoms with E-state index in [1.54, 1.807) is 6.20 Å². The molecule has 1 heterocycles. The second-order valence-electron chi connectivity index (χ2n) is 5.03. The first kappa shape index (κ1) is 15.9. The fourth-order valence-electron chi connectivity index (χ4n) is 1.78. The van der Waals surface area contributed by atoms with Crippen LogP contribution in [0.4, 0.5) is 0 Å². The van der Waals surface area contributed by atoms with E-state index in [-0.39, 0.29) is 0 Å². The molecule has 0 amide bonds. The second kappa shape index (κ2) is 7.52. The number of rotatable bonds is 6. The van der Waals surface area contributed by atoms with Gasteiger partial charge in [0, 0.05) is 16.9 Å². The van der Waals surface area contributed by atoms with E-state index in [0.717, 1.165) is 28.3 Å². The number of halogens is 1. The van der Waals surface area contributed by atoms with E-state index in [2.05, 4.69) is 52.0 Å². The lowest BCUT2D eigenvalue weighted by molar-refractivity contribution is 0.463. The SMILES string of the molecule is CCNCc1nc(C(C)C)ncc1Oc1ccc(Br)cc1. The monoisotopic (exact) mass is 349 g/mol. The quantitative estimate of drug-likeness (QED) is 0.845. The Labute approximate surface area is 134 Å². The zero-order chi connectivity index (χ0) is 15.2. The third-order valence-corrected chi connectivity index (χ3v) is 3.48. The van der Waals surface area contributed by atoms with Crippen molar-refractivity contribution < 1.29 is 4.74 Å². The summed E-state index contributed by atoms with van der Waals surface area (Å²) in [6.45, 7) is 7.80. The Balaban J connectivity index is 2.25. The van der Waals surface area contributed by atoms with E-state index in [0.29, 0.717) is 18.2 Å². The fraction of sp³-hybridized carbons (Fsp3) is 0.375. The molecule has 1 aromatic heterocycles. The fourth-order valence-corrected chi connectivity index (χ4v) is 2.05. The molecule has 0 saturated heterocycles. The lowest BCUT2D eigenvalue weighted by atomic mass is 10.2. The minimum atomic E-state index is 0.298. The van der Waals surface area contributed by atoms with Crippen molar-refractivity contribution in [3.05, 3.63) is 46.5 Å². The Morgan fingerprint density at radius 3 is 2.57 bits per heavy atom. The molecule has 0 aliphatic rings. The molecule has 0 unspecified atom stereocenters. The summed E-state index contributed by atoms with van der Waals surface area (Å²) in [5.41, 5.74) is 0.887. The molecule has 21 heavy (non-hydrogen) atoms. The van der Waals surface area contributed by atoms with Gasteiger partial charge >= 0.3 is 0 Å². The third-order valence-electron chi connectivity index (χ3n) is 2.95. The van der Waals surface area contributed by atoms with Gasteiger partial charge in [-0.05, 0) is 30.8 Å². The third kappa shape index (κ3) is 4.51. The largest absolute Gasteiger partial charge is 0.454 e. The van der Waals surface area contributed by atoms with Crippen molar-refractivity contribution in [2.45, 2.75) is 33.2 Å². The van der Waals surface area contributed by atoms with E-state index in [9.17, 15) is 0 Å². The summed E-state index contributed by atoms with van der Waals surface area (Å²) < 4.78 is 6.93. The van der Waals surface area contributed by atoms with Crippen LogP contribution < -0.4 is 10.1 Å². The molecule has 4 nitrogen and oxygen atoms in total. The molecule has 0 aliphatic heterocycles. The summed E-state index contributed by atoms with van der Waals surface area (Å²) in [5, 5.41) is 3.29. The molecule has 0 fully saturated rings. The summed E-state index contributed by atoms with van der Waals surface area (Å²) in [4.78, 5) is 9.00. The minimum absolute atomic E-state index is 0.298. The van der Waals surface area contributed by atoms with Crippen LogP contribution in [-0.4, -0.2) is 16.5 Å². The predicted octanol–water partition coefficient (Wildman–Crippen LogP) is 4.26. The summed E-state index contributed by atoms with van der Waals surface area (Å²) in [7, 11) is 0. The van der Waals surface area contributed by atoms with Crippen molar-refractivity contribution in [2.24, 2.45) is 0 Å². The normalized spacial score (nSPS) is 10.9. The molecule has 112 valence electrons. The van der Waals surface area contributed by atoms with Crippen LogP contribution in [0.15, 0.2) is 34.9 Å². The Morgan fingerprint density at radius 1 is 1.24 bits per heavy atom. The van der Waals surface area contributed by atoms with Crippen LogP contribution in [0.3, 0.4) is 0 Å². The van der Waals surface area contributed by atoms with Gasteiger partial charge in [0.1, 0.15) is 17.3 Å². The average molecular weight is 350 g/mol. The first-order valence-corrected chi connectivity index (χ1v) is 7.89.